The van der Waals surface area contributed by atoms with E-state index in [1.165, 1.54) is 12.1 Å². The molecular weight excluding hydrogens is 513 g/mol. The molecule has 5 rings (SSSR count). The third kappa shape index (κ3) is 5.37. The van der Waals surface area contributed by atoms with Crippen LogP contribution in [0.1, 0.15) is 37.7 Å². The quantitative estimate of drug-likeness (QED) is 0.166. The van der Waals surface area contributed by atoms with Crippen LogP contribution in [0.25, 0.3) is 11.8 Å². The van der Waals surface area contributed by atoms with Crippen molar-refractivity contribution in [3.05, 3.63) is 131 Å². The molecule has 0 saturated carbocycles. The predicted octanol–water partition coefficient (Wildman–Crippen LogP) is 6.23. The molecular formula is C31H24FN3O3S. The van der Waals surface area contributed by atoms with Gasteiger partial charge in [0.15, 0.2) is 11.0 Å². The highest BCUT2D eigenvalue weighted by atomic mass is 32.2. The first-order chi connectivity index (χ1) is 18.8. The molecule has 6 nitrogen and oxygen atoms in total. The number of Topliss-reactive ketones (excluding diaryl/α,β-unsaturated/α-hetero) is 1. The Kier molecular flexibility index (Phi) is 7.38. The number of carbonyl (C=O) groups is 3. The fourth-order valence-corrected chi connectivity index (χ4v) is 5.30. The van der Waals surface area contributed by atoms with Crippen molar-refractivity contribution in [2.45, 2.75) is 13.8 Å². The lowest BCUT2D eigenvalue weighted by molar-refractivity contribution is -0.120. The van der Waals surface area contributed by atoms with E-state index in [1.54, 1.807) is 54.6 Å². The van der Waals surface area contributed by atoms with Gasteiger partial charge in [0, 0.05) is 28.2 Å². The summed E-state index contributed by atoms with van der Waals surface area (Å²) in [5, 5.41) is 0.150. The topological polar surface area (TPSA) is 71.7 Å². The number of thioether (sulfide) groups is 1. The summed E-state index contributed by atoms with van der Waals surface area (Å²) in [4.78, 5) is 45.5. The second kappa shape index (κ2) is 11.0. The molecule has 2 heterocycles. The van der Waals surface area contributed by atoms with Gasteiger partial charge in [0.25, 0.3) is 11.8 Å². The summed E-state index contributed by atoms with van der Waals surface area (Å²) in [5.74, 6) is -1.60. The minimum absolute atomic E-state index is 0.0307. The highest BCUT2D eigenvalue weighted by Gasteiger charge is 2.36. The highest BCUT2D eigenvalue weighted by Crippen LogP contribution is 2.28. The Morgan fingerprint density at radius 2 is 1.56 bits per heavy atom. The molecule has 1 aliphatic heterocycles. The standard InChI is InChI=1S/C31H24FN3O3S/c1-20-17-26(21(2)34(20)25-15-13-24(32)14-16-25)28(36)19-39-31-33-27(18-22-9-5-3-6-10-22)30(38)35(31)29(37)23-11-7-4-8-12-23/h3-18H,19H2,1-2H3. The summed E-state index contributed by atoms with van der Waals surface area (Å²) in [7, 11) is 0. The van der Waals surface area contributed by atoms with Gasteiger partial charge < -0.3 is 4.57 Å². The molecule has 0 aliphatic carbocycles. The Bertz CT molecular complexity index is 1630. The molecule has 8 heteroatoms. The van der Waals surface area contributed by atoms with Gasteiger partial charge in [0.1, 0.15) is 11.5 Å². The molecule has 0 atom stereocenters. The average Bonchev–Trinajstić information content (AvgIpc) is 3.42. The smallest absolute Gasteiger partial charge is 0.285 e. The van der Waals surface area contributed by atoms with Crippen molar-refractivity contribution >= 4 is 40.6 Å². The molecule has 0 radical (unpaired) electrons. The molecule has 4 aromatic rings. The summed E-state index contributed by atoms with van der Waals surface area (Å²) in [6.07, 6.45) is 1.62. The van der Waals surface area contributed by atoms with E-state index >= 15 is 0 Å². The number of ketones is 1. The monoisotopic (exact) mass is 537 g/mol. The zero-order chi connectivity index (χ0) is 27.5. The summed E-state index contributed by atoms with van der Waals surface area (Å²) >= 11 is 1.04. The second-order valence-corrected chi connectivity index (χ2v) is 9.90. The highest BCUT2D eigenvalue weighted by molar-refractivity contribution is 8.14. The van der Waals surface area contributed by atoms with E-state index in [4.69, 9.17) is 0 Å². The maximum absolute atomic E-state index is 13.4. The van der Waals surface area contributed by atoms with E-state index in [1.807, 2.05) is 48.7 Å². The van der Waals surface area contributed by atoms with Crippen molar-refractivity contribution < 1.29 is 18.8 Å². The summed E-state index contributed by atoms with van der Waals surface area (Å²) < 4.78 is 15.3. The predicted molar refractivity (Wildman–Crippen MR) is 151 cm³/mol. The molecule has 194 valence electrons. The molecule has 1 aromatic heterocycles. The van der Waals surface area contributed by atoms with Crippen LogP contribution in [0.4, 0.5) is 4.39 Å². The number of aliphatic imine (C=N–C) groups is 1. The van der Waals surface area contributed by atoms with Gasteiger partial charge >= 0.3 is 0 Å². The number of benzene rings is 3. The zero-order valence-electron chi connectivity index (χ0n) is 21.3. The Balaban J connectivity index is 1.42. The summed E-state index contributed by atoms with van der Waals surface area (Å²) in [5.41, 5.74) is 4.04. The number of aromatic nitrogens is 1. The lowest BCUT2D eigenvalue weighted by Gasteiger charge is -2.15. The van der Waals surface area contributed by atoms with E-state index in [0.29, 0.717) is 11.1 Å². The largest absolute Gasteiger partial charge is 0.318 e. The fraction of sp³-hybridized carbons (Fsp3) is 0.0968. The van der Waals surface area contributed by atoms with Crippen LogP contribution in [-0.4, -0.2) is 38.0 Å². The number of hydrogen-bond acceptors (Lipinski definition) is 5. The first kappa shape index (κ1) is 26.1. The van der Waals surface area contributed by atoms with Crippen LogP contribution < -0.4 is 0 Å². The van der Waals surface area contributed by atoms with Crippen LogP contribution in [-0.2, 0) is 4.79 Å². The van der Waals surface area contributed by atoms with Gasteiger partial charge in [-0.25, -0.2) is 14.3 Å². The molecule has 0 N–H and O–H groups in total. The fourth-order valence-electron chi connectivity index (χ4n) is 4.43. The number of nitrogens with zero attached hydrogens (tertiary/aromatic N) is 3. The Hall–Kier alpha value is -4.56. The number of hydrogen-bond donors (Lipinski definition) is 0. The van der Waals surface area contributed by atoms with Crippen molar-refractivity contribution in [1.29, 1.82) is 0 Å². The van der Waals surface area contributed by atoms with Crippen LogP contribution in [0.2, 0.25) is 0 Å². The third-order valence-corrected chi connectivity index (χ3v) is 7.24. The molecule has 1 aliphatic rings. The number of carbonyl (C=O) groups excluding carboxylic acids is 3. The van der Waals surface area contributed by atoms with Gasteiger partial charge in [-0.2, -0.15) is 0 Å². The number of rotatable bonds is 6. The van der Waals surface area contributed by atoms with Crippen molar-refractivity contribution in [3.8, 4) is 5.69 Å². The number of aryl methyl sites for hydroxylation is 1. The molecule has 0 spiro atoms. The van der Waals surface area contributed by atoms with Gasteiger partial charge in [0.05, 0.1) is 5.75 Å². The molecule has 2 amide bonds. The molecule has 39 heavy (non-hydrogen) atoms. The lowest BCUT2D eigenvalue weighted by Crippen LogP contribution is -2.37. The first-order valence-electron chi connectivity index (χ1n) is 12.2. The minimum Gasteiger partial charge on any atom is -0.318 e. The van der Waals surface area contributed by atoms with E-state index in [-0.39, 0.29) is 28.2 Å². The zero-order valence-corrected chi connectivity index (χ0v) is 22.1. The molecule has 3 aromatic carbocycles. The molecule has 0 bridgehead atoms. The van der Waals surface area contributed by atoms with Gasteiger partial charge in [-0.1, -0.05) is 60.3 Å². The molecule has 0 saturated heterocycles. The van der Waals surface area contributed by atoms with Crippen molar-refractivity contribution in [3.63, 3.8) is 0 Å². The number of halogens is 1. The normalized spacial score (nSPS) is 14.1. The average molecular weight is 538 g/mol. The third-order valence-electron chi connectivity index (χ3n) is 6.31. The maximum atomic E-state index is 13.4. The number of amides is 2. The van der Waals surface area contributed by atoms with Crippen LogP contribution in [0.15, 0.2) is 102 Å². The maximum Gasteiger partial charge on any atom is 0.285 e. The summed E-state index contributed by atoms with van der Waals surface area (Å²) in [6, 6.07) is 25.6. The summed E-state index contributed by atoms with van der Waals surface area (Å²) in [6.45, 7) is 3.71. The Morgan fingerprint density at radius 3 is 2.23 bits per heavy atom. The van der Waals surface area contributed by atoms with E-state index in [9.17, 15) is 18.8 Å². The van der Waals surface area contributed by atoms with Gasteiger partial charge in [-0.3, -0.25) is 14.4 Å². The number of imide groups is 1. The van der Waals surface area contributed by atoms with Crippen molar-refractivity contribution in [1.82, 2.24) is 9.47 Å². The van der Waals surface area contributed by atoms with Crippen molar-refractivity contribution in [2.75, 3.05) is 5.75 Å². The van der Waals surface area contributed by atoms with Crippen LogP contribution in [0.3, 0.4) is 0 Å². The SMILES string of the molecule is Cc1cc(C(=O)CSC2=NC(=Cc3ccccc3)C(=O)N2C(=O)c2ccccc2)c(C)n1-c1ccc(F)cc1. The van der Waals surface area contributed by atoms with Gasteiger partial charge in [-0.15, -0.1) is 0 Å². The Labute approximate surface area is 229 Å². The van der Waals surface area contributed by atoms with Gasteiger partial charge in [-0.05, 0) is 68.0 Å². The molecule has 0 unspecified atom stereocenters. The molecule has 0 fully saturated rings. The minimum atomic E-state index is -0.544. The first-order valence-corrected chi connectivity index (χ1v) is 13.2. The van der Waals surface area contributed by atoms with E-state index < -0.39 is 11.8 Å². The van der Waals surface area contributed by atoms with E-state index in [0.717, 1.165) is 39.3 Å². The van der Waals surface area contributed by atoms with Crippen LogP contribution in [0, 0.1) is 19.7 Å². The number of amidine groups is 1. The van der Waals surface area contributed by atoms with Crippen LogP contribution >= 0.6 is 11.8 Å². The van der Waals surface area contributed by atoms with Crippen molar-refractivity contribution in [2.24, 2.45) is 4.99 Å². The lowest BCUT2D eigenvalue weighted by atomic mass is 10.2. The van der Waals surface area contributed by atoms with Crippen LogP contribution in [0.5, 0.6) is 0 Å². The second-order valence-electron chi connectivity index (χ2n) is 8.95. The Morgan fingerprint density at radius 1 is 0.923 bits per heavy atom. The van der Waals surface area contributed by atoms with E-state index in [2.05, 4.69) is 4.99 Å². The van der Waals surface area contributed by atoms with Gasteiger partial charge in [0.2, 0.25) is 0 Å².